The topological polar surface area (TPSA) is 92.2 Å². The molecule has 2 aliphatic heterocycles. The van der Waals surface area contributed by atoms with Crippen molar-refractivity contribution in [3.63, 3.8) is 0 Å². The predicted molar refractivity (Wildman–Crippen MR) is 82.1 cm³/mol. The number of H-pyrrole nitrogens is 1. The number of hydrogen-bond acceptors (Lipinski definition) is 4. The van der Waals surface area contributed by atoms with Gasteiger partial charge in [0.2, 0.25) is 11.8 Å². The molecule has 3 rings (SSSR count). The first kappa shape index (κ1) is 14.9. The van der Waals surface area contributed by atoms with Crippen LogP contribution in [0.3, 0.4) is 0 Å². The van der Waals surface area contributed by atoms with Gasteiger partial charge < -0.3 is 15.4 Å². The lowest BCUT2D eigenvalue weighted by atomic mass is 9.61. The highest BCUT2D eigenvalue weighted by molar-refractivity contribution is 5.55. The largest absolute Gasteiger partial charge is 0.420 e. The highest BCUT2D eigenvalue weighted by atomic mass is 16.5. The molecule has 1 fully saturated rings. The second-order valence-corrected chi connectivity index (χ2v) is 6.62. The predicted octanol–water partition coefficient (Wildman–Crippen LogP) is 0.241. The SMILES string of the molecule is CCCc1[nH]nc2c1[C@]1(CC[NH+](C)C[C@@H]1C)C(C#N)=C(N)O2. The van der Waals surface area contributed by atoms with Gasteiger partial charge in [0.15, 0.2) is 0 Å². The van der Waals surface area contributed by atoms with Crippen LogP contribution in [-0.2, 0) is 11.8 Å². The van der Waals surface area contributed by atoms with Crippen molar-refractivity contribution >= 4 is 0 Å². The number of aryl methyl sites for hydroxylation is 1. The van der Waals surface area contributed by atoms with E-state index in [9.17, 15) is 5.26 Å². The van der Waals surface area contributed by atoms with E-state index >= 15 is 0 Å². The fourth-order valence-electron chi connectivity index (χ4n) is 4.18. The molecule has 0 bridgehead atoms. The van der Waals surface area contributed by atoms with Crippen LogP contribution in [0, 0.1) is 17.2 Å². The third-order valence-electron chi connectivity index (χ3n) is 5.21. The van der Waals surface area contributed by atoms with Gasteiger partial charge in [0.1, 0.15) is 11.6 Å². The fraction of sp³-hybridized carbons (Fsp3) is 0.625. The lowest BCUT2D eigenvalue weighted by molar-refractivity contribution is -0.890. The van der Waals surface area contributed by atoms with Crippen LogP contribution in [0.5, 0.6) is 5.88 Å². The highest BCUT2D eigenvalue weighted by Crippen LogP contribution is 2.50. The molecule has 22 heavy (non-hydrogen) atoms. The molecule has 1 aromatic rings. The molecule has 3 atom stereocenters. The van der Waals surface area contributed by atoms with Gasteiger partial charge in [-0.05, 0) is 6.42 Å². The van der Waals surface area contributed by atoms with Gasteiger partial charge in [-0.3, -0.25) is 5.10 Å². The Balaban J connectivity index is 2.21. The van der Waals surface area contributed by atoms with E-state index in [1.165, 1.54) is 4.90 Å². The number of nitrogens with one attached hydrogen (secondary N) is 2. The molecule has 0 aromatic carbocycles. The third-order valence-corrected chi connectivity index (χ3v) is 5.21. The summed E-state index contributed by atoms with van der Waals surface area (Å²) in [6.07, 6.45) is 2.82. The first-order chi connectivity index (χ1) is 10.5. The molecule has 0 radical (unpaired) electrons. The van der Waals surface area contributed by atoms with Crippen molar-refractivity contribution in [1.29, 1.82) is 5.26 Å². The van der Waals surface area contributed by atoms with Gasteiger partial charge >= 0.3 is 0 Å². The Morgan fingerprint density at radius 2 is 2.36 bits per heavy atom. The maximum Gasteiger partial charge on any atom is 0.244 e. The smallest absolute Gasteiger partial charge is 0.244 e. The average molecular weight is 302 g/mol. The van der Waals surface area contributed by atoms with E-state index in [1.807, 2.05) is 0 Å². The summed E-state index contributed by atoms with van der Waals surface area (Å²) < 4.78 is 5.65. The molecule has 1 saturated heterocycles. The Morgan fingerprint density at radius 1 is 1.59 bits per heavy atom. The molecule has 1 unspecified atom stereocenters. The zero-order chi connectivity index (χ0) is 15.9. The quantitative estimate of drug-likeness (QED) is 0.730. The minimum atomic E-state index is -0.358. The molecular weight excluding hydrogens is 278 g/mol. The summed E-state index contributed by atoms with van der Waals surface area (Å²) in [6, 6.07) is 2.34. The van der Waals surface area contributed by atoms with E-state index < -0.39 is 0 Å². The summed E-state index contributed by atoms with van der Waals surface area (Å²) in [5.74, 6) is 1.09. The lowest BCUT2D eigenvalue weighted by Crippen LogP contribution is -3.11. The summed E-state index contributed by atoms with van der Waals surface area (Å²) in [5.41, 5.74) is 8.45. The Labute approximate surface area is 130 Å². The zero-order valence-electron chi connectivity index (χ0n) is 13.5. The van der Waals surface area contributed by atoms with E-state index in [2.05, 4.69) is 37.2 Å². The number of nitriles is 1. The maximum atomic E-state index is 9.74. The van der Waals surface area contributed by atoms with Crippen molar-refractivity contribution in [3.05, 3.63) is 22.7 Å². The Morgan fingerprint density at radius 3 is 3.00 bits per heavy atom. The van der Waals surface area contributed by atoms with Crippen LogP contribution in [-0.4, -0.2) is 30.3 Å². The van der Waals surface area contributed by atoms with E-state index in [-0.39, 0.29) is 11.3 Å². The molecule has 1 aromatic heterocycles. The van der Waals surface area contributed by atoms with Gasteiger partial charge in [0, 0.05) is 23.6 Å². The maximum absolute atomic E-state index is 9.74. The molecule has 0 amide bonds. The number of nitrogens with zero attached hydrogens (tertiary/aromatic N) is 2. The summed E-state index contributed by atoms with van der Waals surface area (Å²) in [4.78, 5) is 1.49. The van der Waals surface area contributed by atoms with Crippen molar-refractivity contribution in [2.45, 2.75) is 38.5 Å². The summed E-state index contributed by atoms with van der Waals surface area (Å²) in [7, 11) is 2.20. The van der Waals surface area contributed by atoms with Crippen LogP contribution in [0.25, 0.3) is 0 Å². The summed E-state index contributed by atoms with van der Waals surface area (Å²) in [5, 5.41) is 17.2. The fourth-order valence-corrected chi connectivity index (χ4v) is 4.18. The Hall–Kier alpha value is -2.00. The number of fused-ring (bicyclic) bond motifs is 2. The molecule has 2 aliphatic rings. The van der Waals surface area contributed by atoms with E-state index in [1.54, 1.807) is 0 Å². The van der Waals surface area contributed by atoms with Gasteiger partial charge in [-0.15, -0.1) is 5.10 Å². The molecule has 0 aliphatic carbocycles. The minimum absolute atomic E-state index is 0.218. The first-order valence-corrected chi connectivity index (χ1v) is 8.01. The summed E-state index contributed by atoms with van der Waals surface area (Å²) >= 11 is 0. The average Bonchev–Trinajstić information content (AvgIpc) is 2.86. The lowest BCUT2D eigenvalue weighted by Gasteiger charge is -2.45. The number of rotatable bonds is 2. The molecule has 118 valence electrons. The number of piperidine rings is 1. The molecule has 4 N–H and O–H groups in total. The molecule has 3 heterocycles. The van der Waals surface area contributed by atoms with Crippen LogP contribution in [0.4, 0.5) is 0 Å². The van der Waals surface area contributed by atoms with Gasteiger partial charge in [-0.2, -0.15) is 5.26 Å². The van der Waals surface area contributed by atoms with Gasteiger partial charge in [0.05, 0.1) is 25.6 Å². The molecule has 1 spiro atoms. The number of allylic oxidation sites excluding steroid dienone is 1. The number of aromatic amines is 1. The van der Waals surface area contributed by atoms with Crippen molar-refractivity contribution in [2.75, 3.05) is 20.1 Å². The zero-order valence-corrected chi connectivity index (χ0v) is 13.5. The standard InChI is InChI=1S/C16H23N5O/c1-4-5-12-13-15(20-19-12)22-14(18)11(8-17)16(13)6-7-21(3)9-10(16)2/h10H,4-7,9,18H2,1-3H3,(H,19,20)/p+1/t10-,16-/m0/s1. The van der Waals surface area contributed by atoms with Crippen molar-refractivity contribution in [3.8, 4) is 11.9 Å². The number of nitrogens with two attached hydrogens (primary N) is 1. The highest BCUT2D eigenvalue weighted by Gasteiger charge is 2.53. The number of hydrogen-bond donors (Lipinski definition) is 3. The molecule has 0 saturated carbocycles. The van der Waals surface area contributed by atoms with E-state index in [0.29, 0.717) is 17.4 Å². The third kappa shape index (κ3) is 1.92. The second-order valence-electron chi connectivity index (χ2n) is 6.62. The van der Waals surface area contributed by atoms with Crippen molar-refractivity contribution < 1.29 is 9.64 Å². The number of aromatic nitrogens is 2. The van der Waals surface area contributed by atoms with Crippen LogP contribution in [0.2, 0.25) is 0 Å². The van der Waals surface area contributed by atoms with Gasteiger partial charge in [-0.25, -0.2) is 0 Å². The molecule has 6 nitrogen and oxygen atoms in total. The van der Waals surface area contributed by atoms with Gasteiger partial charge in [-0.1, -0.05) is 20.3 Å². The van der Waals surface area contributed by atoms with Crippen LogP contribution in [0.15, 0.2) is 11.5 Å². The second kappa shape index (κ2) is 5.33. The normalized spacial score (nSPS) is 30.8. The Kier molecular flexibility index (Phi) is 3.61. The molecular formula is C16H24N5O+. The Bertz CT molecular complexity index is 656. The monoisotopic (exact) mass is 302 g/mol. The van der Waals surface area contributed by atoms with Crippen LogP contribution < -0.4 is 15.4 Å². The van der Waals surface area contributed by atoms with Crippen LogP contribution in [0.1, 0.15) is 37.9 Å². The van der Waals surface area contributed by atoms with Crippen molar-refractivity contribution in [2.24, 2.45) is 11.7 Å². The summed E-state index contributed by atoms with van der Waals surface area (Å²) in [6.45, 7) is 6.37. The van der Waals surface area contributed by atoms with Crippen molar-refractivity contribution in [1.82, 2.24) is 10.2 Å². The molecule has 6 heteroatoms. The van der Waals surface area contributed by atoms with Gasteiger partial charge in [0.25, 0.3) is 0 Å². The van der Waals surface area contributed by atoms with E-state index in [0.717, 1.165) is 43.6 Å². The van der Waals surface area contributed by atoms with Crippen LogP contribution >= 0.6 is 0 Å². The number of quaternary nitrogens is 1. The number of ether oxygens (including phenoxy) is 1. The minimum Gasteiger partial charge on any atom is -0.420 e. The van der Waals surface area contributed by atoms with E-state index in [4.69, 9.17) is 10.5 Å². The first-order valence-electron chi connectivity index (χ1n) is 8.01. The number of likely N-dealkylation sites (tertiary alicyclic amines) is 1.